The van der Waals surface area contributed by atoms with E-state index in [0.29, 0.717) is 23.5 Å². The van der Waals surface area contributed by atoms with Crippen LogP contribution in [0.15, 0.2) is 79.5 Å². The maximum absolute atomic E-state index is 12.7. The van der Waals surface area contributed by atoms with E-state index in [-0.39, 0.29) is 24.8 Å². The molecule has 2 amide bonds. The van der Waals surface area contributed by atoms with Gasteiger partial charge >= 0.3 is 6.18 Å². The second-order valence-corrected chi connectivity index (χ2v) is 7.67. The third-order valence-corrected chi connectivity index (χ3v) is 5.10. The molecule has 0 aliphatic heterocycles. The molecule has 0 bridgehead atoms. The van der Waals surface area contributed by atoms with E-state index in [1.54, 1.807) is 71.8 Å². The molecule has 0 atom stereocenters. The number of anilines is 1. The zero-order valence-electron chi connectivity index (χ0n) is 18.4. The molecular weight excluding hydrogens is 461 g/mol. The van der Waals surface area contributed by atoms with Crippen molar-refractivity contribution in [1.82, 2.24) is 24.6 Å². The third kappa shape index (κ3) is 6.34. The van der Waals surface area contributed by atoms with Crippen molar-refractivity contribution in [3.05, 3.63) is 96.3 Å². The molecule has 35 heavy (non-hydrogen) atoms. The van der Waals surface area contributed by atoms with Crippen molar-refractivity contribution in [3.8, 4) is 5.69 Å². The van der Waals surface area contributed by atoms with E-state index in [4.69, 9.17) is 0 Å². The van der Waals surface area contributed by atoms with Gasteiger partial charge in [-0.3, -0.25) is 9.59 Å². The van der Waals surface area contributed by atoms with E-state index in [1.165, 1.54) is 6.20 Å². The zero-order valence-corrected chi connectivity index (χ0v) is 18.4. The Labute approximate surface area is 198 Å². The van der Waals surface area contributed by atoms with Crippen LogP contribution in [0.2, 0.25) is 0 Å². The average molecular weight is 482 g/mol. The van der Waals surface area contributed by atoms with Gasteiger partial charge in [0.1, 0.15) is 0 Å². The number of hydrogen-bond donors (Lipinski definition) is 2. The number of rotatable bonds is 8. The van der Waals surface area contributed by atoms with Gasteiger partial charge in [0.05, 0.1) is 12.0 Å². The fourth-order valence-corrected chi connectivity index (χ4v) is 3.28. The molecule has 0 saturated carbocycles. The standard InChI is InChI=1S/C24H21F3N6O2/c25-24(26,27)21-8-12-33(31-21)20-6-4-17(5-7-20)15-29-23(35)18-2-1-3-19(14-18)30-22(34)9-11-32-13-10-28-16-32/h1-8,10,12-14,16H,9,11,15H2,(H,29,35)(H,30,34). The summed E-state index contributed by atoms with van der Waals surface area (Å²) < 4.78 is 41.1. The fourth-order valence-electron chi connectivity index (χ4n) is 3.28. The molecule has 0 saturated heterocycles. The molecule has 0 unspecified atom stereocenters. The molecule has 180 valence electrons. The number of carbonyl (C=O) groups is 2. The van der Waals surface area contributed by atoms with Gasteiger partial charge in [-0.15, -0.1) is 0 Å². The first-order chi connectivity index (χ1) is 16.8. The summed E-state index contributed by atoms with van der Waals surface area (Å²) in [7, 11) is 0. The maximum Gasteiger partial charge on any atom is 0.435 e. The molecule has 4 aromatic rings. The van der Waals surface area contributed by atoms with Gasteiger partial charge in [0, 0.05) is 49.4 Å². The number of carbonyl (C=O) groups excluding carboxylic acids is 2. The maximum atomic E-state index is 12.7. The first-order valence-corrected chi connectivity index (χ1v) is 10.6. The lowest BCUT2D eigenvalue weighted by atomic mass is 10.1. The van der Waals surface area contributed by atoms with E-state index in [9.17, 15) is 22.8 Å². The van der Waals surface area contributed by atoms with Gasteiger partial charge in [-0.25, -0.2) is 9.67 Å². The summed E-state index contributed by atoms with van der Waals surface area (Å²) >= 11 is 0. The first kappa shape index (κ1) is 23.7. The average Bonchev–Trinajstić information content (AvgIpc) is 3.54. The molecule has 2 heterocycles. The van der Waals surface area contributed by atoms with Crippen LogP contribution in [0.25, 0.3) is 5.69 Å². The van der Waals surface area contributed by atoms with Gasteiger partial charge in [0.15, 0.2) is 5.69 Å². The van der Waals surface area contributed by atoms with Gasteiger partial charge in [-0.05, 0) is 42.0 Å². The van der Waals surface area contributed by atoms with E-state index in [1.807, 2.05) is 0 Å². The molecule has 0 fully saturated rings. The van der Waals surface area contributed by atoms with Crippen LogP contribution in [0.3, 0.4) is 0 Å². The lowest BCUT2D eigenvalue weighted by molar-refractivity contribution is -0.141. The summed E-state index contributed by atoms with van der Waals surface area (Å²) in [5, 5.41) is 9.10. The summed E-state index contributed by atoms with van der Waals surface area (Å²) in [4.78, 5) is 28.7. The van der Waals surface area contributed by atoms with Crippen LogP contribution in [0.1, 0.15) is 28.0 Å². The molecule has 2 aromatic carbocycles. The minimum Gasteiger partial charge on any atom is -0.348 e. The second kappa shape index (κ2) is 10.2. The van der Waals surface area contributed by atoms with Crippen molar-refractivity contribution in [2.45, 2.75) is 25.7 Å². The van der Waals surface area contributed by atoms with Gasteiger partial charge in [0.25, 0.3) is 5.91 Å². The molecule has 2 aromatic heterocycles. The third-order valence-electron chi connectivity index (χ3n) is 5.10. The highest BCUT2D eigenvalue weighted by molar-refractivity contribution is 5.97. The number of benzene rings is 2. The number of imidazole rings is 1. The van der Waals surface area contributed by atoms with E-state index < -0.39 is 11.9 Å². The van der Waals surface area contributed by atoms with Crippen LogP contribution in [-0.2, 0) is 24.1 Å². The Balaban J connectivity index is 1.30. The number of nitrogens with one attached hydrogen (secondary N) is 2. The van der Waals surface area contributed by atoms with Crippen molar-refractivity contribution >= 4 is 17.5 Å². The van der Waals surface area contributed by atoms with Crippen LogP contribution in [-0.4, -0.2) is 31.1 Å². The highest BCUT2D eigenvalue weighted by Crippen LogP contribution is 2.27. The quantitative estimate of drug-likeness (QED) is 0.396. The normalized spacial score (nSPS) is 11.3. The predicted molar refractivity (Wildman–Crippen MR) is 122 cm³/mol. The number of aryl methyl sites for hydroxylation is 1. The molecule has 0 radical (unpaired) electrons. The lowest BCUT2D eigenvalue weighted by Gasteiger charge is -2.09. The Kier molecular flexibility index (Phi) is 6.95. The van der Waals surface area contributed by atoms with E-state index in [0.717, 1.165) is 16.3 Å². The number of amides is 2. The summed E-state index contributed by atoms with van der Waals surface area (Å²) in [5.74, 6) is -0.513. The Morgan fingerprint density at radius 1 is 1.00 bits per heavy atom. The van der Waals surface area contributed by atoms with Gasteiger partial charge < -0.3 is 15.2 Å². The second-order valence-electron chi connectivity index (χ2n) is 7.67. The molecule has 0 aliphatic rings. The minimum absolute atomic E-state index is 0.184. The van der Waals surface area contributed by atoms with Crippen LogP contribution in [0.4, 0.5) is 18.9 Å². The summed E-state index contributed by atoms with van der Waals surface area (Å²) in [5.41, 5.74) is 1.15. The summed E-state index contributed by atoms with van der Waals surface area (Å²) in [6.45, 7) is 0.711. The monoisotopic (exact) mass is 482 g/mol. The Hall–Kier alpha value is -4.41. The smallest absolute Gasteiger partial charge is 0.348 e. The Morgan fingerprint density at radius 2 is 1.80 bits per heavy atom. The molecule has 4 rings (SSSR count). The van der Waals surface area contributed by atoms with Crippen LogP contribution >= 0.6 is 0 Å². The predicted octanol–water partition coefficient (Wildman–Crippen LogP) is 4.05. The SMILES string of the molecule is O=C(CCn1ccnc1)Nc1cccc(C(=O)NCc2ccc(-n3ccc(C(F)(F)F)n3)cc2)c1. The van der Waals surface area contributed by atoms with Crippen molar-refractivity contribution in [2.24, 2.45) is 0 Å². The molecule has 8 nitrogen and oxygen atoms in total. The molecular formula is C24H21F3N6O2. The lowest BCUT2D eigenvalue weighted by Crippen LogP contribution is -2.23. The van der Waals surface area contributed by atoms with Crippen LogP contribution in [0.5, 0.6) is 0 Å². The van der Waals surface area contributed by atoms with Crippen LogP contribution < -0.4 is 10.6 Å². The largest absolute Gasteiger partial charge is 0.435 e. The number of aromatic nitrogens is 4. The van der Waals surface area contributed by atoms with Crippen molar-refractivity contribution in [2.75, 3.05) is 5.32 Å². The van der Waals surface area contributed by atoms with Crippen molar-refractivity contribution in [1.29, 1.82) is 0 Å². The number of nitrogens with zero attached hydrogens (tertiary/aromatic N) is 4. The van der Waals surface area contributed by atoms with E-state index in [2.05, 4.69) is 20.7 Å². The van der Waals surface area contributed by atoms with Gasteiger partial charge in [-0.2, -0.15) is 18.3 Å². The molecule has 0 aliphatic carbocycles. The van der Waals surface area contributed by atoms with Crippen LogP contribution in [0, 0.1) is 0 Å². The Morgan fingerprint density at radius 3 is 2.49 bits per heavy atom. The van der Waals surface area contributed by atoms with Gasteiger partial charge in [-0.1, -0.05) is 18.2 Å². The Bertz CT molecular complexity index is 1300. The zero-order chi connectivity index (χ0) is 24.8. The molecule has 11 heteroatoms. The summed E-state index contributed by atoms with van der Waals surface area (Å²) in [6.07, 6.45) is 2.04. The van der Waals surface area contributed by atoms with Crippen molar-refractivity contribution < 1.29 is 22.8 Å². The highest BCUT2D eigenvalue weighted by atomic mass is 19.4. The minimum atomic E-state index is -4.50. The van der Waals surface area contributed by atoms with Gasteiger partial charge in [0.2, 0.25) is 5.91 Å². The summed E-state index contributed by atoms with van der Waals surface area (Å²) in [6, 6.07) is 14.1. The number of halogens is 3. The molecule has 0 spiro atoms. The molecule has 2 N–H and O–H groups in total. The fraction of sp³-hybridized carbons (Fsp3) is 0.167. The van der Waals surface area contributed by atoms with E-state index >= 15 is 0 Å². The van der Waals surface area contributed by atoms with Crippen molar-refractivity contribution in [3.63, 3.8) is 0 Å². The number of alkyl halides is 3. The first-order valence-electron chi connectivity index (χ1n) is 10.6. The number of hydrogen-bond acceptors (Lipinski definition) is 4. The topological polar surface area (TPSA) is 93.8 Å². The highest BCUT2D eigenvalue weighted by Gasteiger charge is 2.33.